The van der Waals surface area contributed by atoms with Crippen LogP contribution in [0.4, 0.5) is 0 Å². The summed E-state index contributed by atoms with van der Waals surface area (Å²) in [5, 5.41) is 16.3. The van der Waals surface area contributed by atoms with E-state index in [0.717, 1.165) is 0 Å². The molecule has 4 atom stereocenters. The van der Waals surface area contributed by atoms with Gasteiger partial charge >= 0.3 is 5.97 Å². The predicted molar refractivity (Wildman–Crippen MR) is 108 cm³/mol. The number of carbonyl (C=O) groups excluding carboxylic acids is 3. The first-order valence-corrected chi connectivity index (χ1v) is 9.75. The van der Waals surface area contributed by atoms with Crippen molar-refractivity contribution in [3.05, 3.63) is 0 Å². The monoisotopic (exact) mass is 423 g/mol. The molecule has 156 valence electrons. The molecule has 0 bridgehead atoms. The van der Waals surface area contributed by atoms with Crippen molar-refractivity contribution in [2.24, 2.45) is 11.5 Å². The third kappa shape index (κ3) is 9.84. The Morgan fingerprint density at radius 1 is 0.889 bits per heavy atom. The molecule has 4 unspecified atom stereocenters. The first-order chi connectivity index (χ1) is 12.7. The summed E-state index contributed by atoms with van der Waals surface area (Å²) in [6, 6.07) is -3.97. The summed E-state index contributed by atoms with van der Waals surface area (Å²) < 4.78 is 0. The average Bonchev–Trinajstić information content (AvgIpc) is 2.62. The molecule has 0 saturated carbocycles. The van der Waals surface area contributed by atoms with Gasteiger partial charge in [0.25, 0.3) is 0 Å². The van der Waals surface area contributed by atoms with Gasteiger partial charge in [-0.25, -0.2) is 4.79 Å². The van der Waals surface area contributed by atoms with Crippen molar-refractivity contribution in [2.45, 2.75) is 50.4 Å². The maximum absolute atomic E-state index is 12.5. The number of rotatable bonds is 13. The second-order valence-corrected chi connectivity index (χ2v) is 6.69. The fourth-order valence-electron chi connectivity index (χ4n) is 1.99. The standard InChI is InChI=1S/C15H29N5O5S2/c1-8(17)12(21)18-9(4-2-3-5-16)13(22)19-10(6-26)14(23)20-11(7-27)15(24)25/h8-11,26-27H,2-7,16-17H2,1H3,(H,18,21)(H,19,22)(H,20,23)(H,24,25). The van der Waals surface area contributed by atoms with Crippen LogP contribution in [0.25, 0.3) is 0 Å². The smallest absolute Gasteiger partial charge is 0.327 e. The summed E-state index contributed by atoms with van der Waals surface area (Å²) in [5.74, 6) is -3.22. The molecule has 0 aromatic heterocycles. The van der Waals surface area contributed by atoms with Crippen LogP contribution in [0.5, 0.6) is 0 Å². The van der Waals surface area contributed by atoms with Crippen LogP contribution in [-0.4, -0.2) is 71.0 Å². The van der Waals surface area contributed by atoms with E-state index in [2.05, 4.69) is 41.2 Å². The minimum Gasteiger partial charge on any atom is -0.480 e. The fraction of sp³-hybridized carbons (Fsp3) is 0.733. The Bertz CT molecular complexity index is 521. The molecule has 0 heterocycles. The normalized spacial score (nSPS) is 15.1. The lowest BCUT2D eigenvalue weighted by atomic mass is 10.1. The van der Waals surface area contributed by atoms with Crippen LogP contribution in [-0.2, 0) is 19.2 Å². The molecule has 0 radical (unpaired) electrons. The van der Waals surface area contributed by atoms with Gasteiger partial charge in [0.2, 0.25) is 17.7 Å². The van der Waals surface area contributed by atoms with E-state index >= 15 is 0 Å². The molecule has 0 aliphatic rings. The number of hydrogen-bond donors (Lipinski definition) is 8. The molecule has 27 heavy (non-hydrogen) atoms. The van der Waals surface area contributed by atoms with Crippen LogP contribution >= 0.6 is 25.3 Å². The van der Waals surface area contributed by atoms with Crippen molar-refractivity contribution in [1.29, 1.82) is 0 Å². The number of carboxylic acids is 1. The van der Waals surface area contributed by atoms with Crippen molar-refractivity contribution in [2.75, 3.05) is 18.1 Å². The third-order valence-electron chi connectivity index (χ3n) is 3.61. The number of carbonyl (C=O) groups is 4. The van der Waals surface area contributed by atoms with Gasteiger partial charge < -0.3 is 32.5 Å². The van der Waals surface area contributed by atoms with Crippen LogP contribution < -0.4 is 27.4 Å². The van der Waals surface area contributed by atoms with Gasteiger partial charge in [-0.3, -0.25) is 14.4 Å². The Morgan fingerprint density at radius 3 is 1.81 bits per heavy atom. The number of aliphatic carboxylic acids is 1. The molecule has 0 spiro atoms. The lowest BCUT2D eigenvalue weighted by Crippen LogP contribution is -2.57. The number of amides is 3. The molecule has 0 aliphatic carbocycles. The van der Waals surface area contributed by atoms with E-state index in [9.17, 15) is 19.2 Å². The zero-order valence-corrected chi connectivity index (χ0v) is 17.0. The molecule has 0 aliphatic heterocycles. The van der Waals surface area contributed by atoms with Crippen molar-refractivity contribution in [1.82, 2.24) is 16.0 Å². The van der Waals surface area contributed by atoms with Gasteiger partial charge in [0, 0.05) is 11.5 Å². The minimum atomic E-state index is -1.24. The molecular formula is C15H29N5O5S2. The Hall–Kier alpha value is -1.50. The van der Waals surface area contributed by atoms with Gasteiger partial charge in [0.15, 0.2) is 0 Å². The lowest BCUT2D eigenvalue weighted by Gasteiger charge is -2.23. The largest absolute Gasteiger partial charge is 0.480 e. The van der Waals surface area contributed by atoms with Gasteiger partial charge in [-0.05, 0) is 32.7 Å². The van der Waals surface area contributed by atoms with E-state index in [1.54, 1.807) is 0 Å². The zero-order valence-electron chi connectivity index (χ0n) is 15.2. The number of thiol groups is 2. The second kappa shape index (κ2) is 13.6. The molecule has 0 aromatic rings. The van der Waals surface area contributed by atoms with Crippen LogP contribution in [0.15, 0.2) is 0 Å². The number of hydrogen-bond acceptors (Lipinski definition) is 8. The van der Waals surface area contributed by atoms with E-state index in [-0.39, 0.29) is 11.5 Å². The number of nitrogens with two attached hydrogens (primary N) is 2. The van der Waals surface area contributed by atoms with Crippen LogP contribution in [0.1, 0.15) is 26.2 Å². The maximum atomic E-state index is 12.5. The lowest BCUT2D eigenvalue weighted by molar-refractivity contribution is -0.141. The van der Waals surface area contributed by atoms with E-state index in [0.29, 0.717) is 25.8 Å². The summed E-state index contributed by atoms with van der Waals surface area (Å²) in [7, 11) is 0. The van der Waals surface area contributed by atoms with Gasteiger partial charge in [0.05, 0.1) is 6.04 Å². The fourth-order valence-corrected chi connectivity index (χ4v) is 2.49. The van der Waals surface area contributed by atoms with Crippen LogP contribution in [0, 0.1) is 0 Å². The van der Waals surface area contributed by atoms with E-state index in [1.165, 1.54) is 6.92 Å². The second-order valence-electron chi connectivity index (χ2n) is 5.96. The topological polar surface area (TPSA) is 177 Å². The zero-order chi connectivity index (χ0) is 21.0. The Balaban J connectivity index is 5.02. The maximum Gasteiger partial charge on any atom is 0.327 e. The Morgan fingerprint density at radius 2 is 1.37 bits per heavy atom. The van der Waals surface area contributed by atoms with Gasteiger partial charge in [0.1, 0.15) is 18.1 Å². The highest BCUT2D eigenvalue weighted by Gasteiger charge is 2.28. The van der Waals surface area contributed by atoms with E-state index in [4.69, 9.17) is 16.6 Å². The third-order valence-corrected chi connectivity index (χ3v) is 4.34. The number of unbranched alkanes of at least 4 members (excludes halogenated alkanes) is 1. The van der Waals surface area contributed by atoms with Crippen molar-refractivity contribution >= 4 is 48.9 Å². The number of nitrogens with one attached hydrogen (secondary N) is 3. The highest BCUT2D eigenvalue weighted by molar-refractivity contribution is 7.80. The minimum absolute atomic E-state index is 0.0623. The SMILES string of the molecule is CC(N)C(=O)NC(CCCCN)C(=O)NC(CS)C(=O)NC(CS)C(=O)O. The molecule has 0 aromatic carbocycles. The highest BCUT2D eigenvalue weighted by atomic mass is 32.1. The molecule has 10 nitrogen and oxygen atoms in total. The summed E-state index contributed by atoms with van der Waals surface area (Å²) in [6.45, 7) is 1.93. The highest BCUT2D eigenvalue weighted by Crippen LogP contribution is 2.03. The molecular weight excluding hydrogens is 394 g/mol. The number of carboxylic acid groups (broad SMARTS) is 1. The van der Waals surface area contributed by atoms with Crippen molar-refractivity contribution < 1.29 is 24.3 Å². The summed E-state index contributed by atoms with van der Waals surface area (Å²) in [5.41, 5.74) is 11.0. The van der Waals surface area contributed by atoms with Gasteiger partial charge in [-0.1, -0.05) is 0 Å². The molecule has 0 rings (SSSR count). The molecule has 0 saturated heterocycles. The van der Waals surface area contributed by atoms with E-state index < -0.39 is 47.9 Å². The first kappa shape index (κ1) is 25.5. The molecule has 3 amide bonds. The first-order valence-electron chi connectivity index (χ1n) is 8.49. The predicted octanol–water partition coefficient (Wildman–Crippen LogP) is -2.14. The van der Waals surface area contributed by atoms with E-state index in [1.807, 2.05) is 0 Å². The van der Waals surface area contributed by atoms with Crippen LogP contribution in [0.2, 0.25) is 0 Å². The molecule has 8 N–H and O–H groups in total. The average molecular weight is 424 g/mol. The van der Waals surface area contributed by atoms with Crippen LogP contribution in [0.3, 0.4) is 0 Å². The van der Waals surface area contributed by atoms with Gasteiger partial charge in [-0.2, -0.15) is 25.3 Å². The molecule has 12 heteroatoms. The Labute approximate surface area is 169 Å². The summed E-state index contributed by atoms with van der Waals surface area (Å²) >= 11 is 7.89. The Kier molecular flexibility index (Phi) is 12.9. The molecule has 0 fully saturated rings. The quantitative estimate of drug-likeness (QED) is 0.123. The summed E-state index contributed by atoms with van der Waals surface area (Å²) in [6.07, 6.45) is 1.57. The van der Waals surface area contributed by atoms with Gasteiger partial charge in [-0.15, -0.1) is 0 Å². The summed E-state index contributed by atoms with van der Waals surface area (Å²) in [4.78, 5) is 47.5. The van der Waals surface area contributed by atoms with Crippen molar-refractivity contribution in [3.8, 4) is 0 Å². The van der Waals surface area contributed by atoms with Crippen molar-refractivity contribution in [3.63, 3.8) is 0 Å².